The fourth-order valence-corrected chi connectivity index (χ4v) is 1.91. The molecule has 0 aromatic heterocycles. The van der Waals surface area contributed by atoms with E-state index in [9.17, 15) is 4.79 Å². The monoisotopic (exact) mass is 254 g/mol. The lowest BCUT2D eigenvalue weighted by Gasteiger charge is -2.05. The van der Waals surface area contributed by atoms with Gasteiger partial charge in [-0.3, -0.25) is 4.79 Å². The van der Waals surface area contributed by atoms with E-state index in [2.05, 4.69) is 41.7 Å². The first-order valence-electron chi connectivity index (χ1n) is 6.41. The normalized spacial score (nSPS) is 10.2. The summed E-state index contributed by atoms with van der Waals surface area (Å²) in [6, 6.07) is 18.7. The van der Waals surface area contributed by atoms with E-state index in [0.717, 1.165) is 6.42 Å². The predicted octanol–water partition coefficient (Wildman–Crippen LogP) is 1.97. The van der Waals surface area contributed by atoms with Gasteiger partial charge in [0.2, 0.25) is 5.91 Å². The number of nitrogens with one attached hydrogen (secondary N) is 1. The second kappa shape index (κ2) is 6.71. The molecule has 0 bridgehead atoms. The third kappa shape index (κ3) is 3.93. The summed E-state index contributed by atoms with van der Waals surface area (Å²) in [5, 5.41) is 2.76. The maximum atomic E-state index is 11.0. The molecule has 0 aliphatic heterocycles. The molecule has 19 heavy (non-hydrogen) atoms. The Labute approximate surface area is 113 Å². The highest BCUT2D eigenvalue weighted by atomic mass is 16.1. The Bertz CT molecular complexity index is 520. The molecule has 0 saturated carbocycles. The minimum Gasteiger partial charge on any atom is -0.355 e. The molecule has 3 N–H and O–H groups in total. The van der Waals surface area contributed by atoms with Crippen molar-refractivity contribution in [2.75, 3.05) is 13.1 Å². The number of nitrogens with two attached hydrogens (primary N) is 1. The fraction of sp³-hybridized carbons (Fsp3) is 0.188. The van der Waals surface area contributed by atoms with Crippen molar-refractivity contribution in [1.82, 2.24) is 5.32 Å². The number of hydrogen-bond acceptors (Lipinski definition) is 2. The summed E-state index contributed by atoms with van der Waals surface area (Å²) in [7, 11) is 0. The molecule has 0 spiro atoms. The molecule has 3 heteroatoms. The molecule has 0 unspecified atom stereocenters. The van der Waals surface area contributed by atoms with E-state index in [-0.39, 0.29) is 12.5 Å². The van der Waals surface area contributed by atoms with E-state index in [0.29, 0.717) is 6.54 Å². The van der Waals surface area contributed by atoms with Crippen LogP contribution in [0.3, 0.4) is 0 Å². The Hall–Kier alpha value is -2.13. The van der Waals surface area contributed by atoms with Crippen LogP contribution in [0.25, 0.3) is 11.1 Å². The molecule has 0 radical (unpaired) electrons. The largest absolute Gasteiger partial charge is 0.355 e. The first kappa shape index (κ1) is 13.3. The van der Waals surface area contributed by atoms with Crippen LogP contribution >= 0.6 is 0 Å². The molecule has 2 aromatic carbocycles. The lowest BCUT2D eigenvalue weighted by molar-refractivity contribution is -0.119. The van der Waals surface area contributed by atoms with Gasteiger partial charge >= 0.3 is 0 Å². The fourth-order valence-electron chi connectivity index (χ4n) is 1.91. The van der Waals surface area contributed by atoms with Gasteiger partial charge in [-0.25, -0.2) is 0 Å². The van der Waals surface area contributed by atoms with Crippen LogP contribution in [-0.4, -0.2) is 19.0 Å². The van der Waals surface area contributed by atoms with Crippen molar-refractivity contribution in [3.63, 3.8) is 0 Å². The van der Waals surface area contributed by atoms with Gasteiger partial charge in [0.15, 0.2) is 0 Å². The van der Waals surface area contributed by atoms with Gasteiger partial charge in [-0.05, 0) is 23.1 Å². The van der Waals surface area contributed by atoms with Gasteiger partial charge in [-0.2, -0.15) is 0 Å². The summed E-state index contributed by atoms with van der Waals surface area (Å²) in [4.78, 5) is 11.0. The van der Waals surface area contributed by atoms with Crippen LogP contribution < -0.4 is 11.1 Å². The van der Waals surface area contributed by atoms with Crippen molar-refractivity contribution < 1.29 is 4.79 Å². The summed E-state index contributed by atoms with van der Waals surface area (Å²) in [5.41, 5.74) is 8.85. The zero-order chi connectivity index (χ0) is 13.5. The van der Waals surface area contributed by atoms with Gasteiger partial charge < -0.3 is 11.1 Å². The first-order valence-corrected chi connectivity index (χ1v) is 6.41. The van der Waals surface area contributed by atoms with Crippen molar-refractivity contribution in [1.29, 1.82) is 0 Å². The van der Waals surface area contributed by atoms with Gasteiger partial charge in [-0.15, -0.1) is 0 Å². The summed E-state index contributed by atoms with van der Waals surface area (Å²) in [5.74, 6) is -0.110. The van der Waals surface area contributed by atoms with E-state index in [1.165, 1.54) is 16.7 Å². The van der Waals surface area contributed by atoms with E-state index < -0.39 is 0 Å². The average molecular weight is 254 g/mol. The van der Waals surface area contributed by atoms with Gasteiger partial charge in [0.05, 0.1) is 6.54 Å². The molecule has 0 heterocycles. The summed E-state index contributed by atoms with van der Waals surface area (Å²) in [6.07, 6.45) is 0.820. The number of amides is 1. The van der Waals surface area contributed by atoms with Crippen molar-refractivity contribution in [3.05, 3.63) is 60.2 Å². The van der Waals surface area contributed by atoms with Gasteiger partial charge in [0.1, 0.15) is 0 Å². The van der Waals surface area contributed by atoms with Gasteiger partial charge in [-0.1, -0.05) is 54.6 Å². The molecule has 2 rings (SSSR count). The Morgan fingerprint density at radius 1 is 0.947 bits per heavy atom. The van der Waals surface area contributed by atoms with E-state index in [1.807, 2.05) is 18.2 Å². The third-order valence-electron chi connectivity index (χ3n) is 2.98. The Kier molecular flexibility index (Phi) is 4.70. The minimum absolute atomic E-state index is 0.0486. The van der Waals surface area contributed by atoms with Crippen molar-refractivity contribution in [2.24, 2.45) is 5.73 Å². The molecule has 3 nitrogen and oxygen atoms in total. The molecular weight excluding hydrogens is 236 g/mol. The topological polar surface area (TPSA) is 55.1 Å². The number of hydrogen-bond donors (Lipinski definition) is 2. The Morgan fingerprint density at radius 2 is 1.58 bits per heavy atom. The SMILES string of the molecule is NCC(=O)NCCc1ccc(-c2ccccc2)cc1. The lowest BCUT2D eigenvalue weighted by atomic mass is 10.0. The smallest absolute Gasteiger partial charge is 0.233 e. The highest BCUT2D eigenvalue weighted by molar-refractivity contribution is 5.77. The number of carbonyl (C=O) groups is 1. The molecule has 0 aliphatic carbocycles. The molecule has 2 aromatic rings. The maximum Gasteiger partial charge on any atom is 0.233 e. The maximum absolute atomic E-state index is 11.0. The molecule has 0 aliphatic rings. The van der Waals surface area contributed by atoms with Crippen molar-refractivity contribution >= 4 is 5.91 Å². The van der Waals surface area contributed by atoms with Crippen LogP contribution in [0.1, 0.15) is 5.56 Å². The van der Waals surface area contributed by atoms with Gasteiger partial charge in [0, 0.05) is 6.54 Å². The number of rotatable bonds is 5. The highest BCUT2D eigenvalue weighted by Crippen LogP contribution is 2.19. The Balaban J connectivity index is 1.94. The van der Waals surface area contributed by atoms with Crippen molar-refractivity contribution in [3.8, 4) is 11.1 Å². The number of carbonyl (C=O) groups excluding carboxylic acids is 1. The second-order valence-electron chi connectivity index (χ2n) is 4.37. The van der Waals surface area contributed by atoms with Crippen LogP contribution in [0, 0.1) is 0 Å². The predicted molar refractivity (Wildman–Crippen MR) is 77.6 cm³/mol. The molecule has 0 saturated heterocycles. The second-order valence-corrected chi connectivity index (χ2v) is 4.37. The first-order chi connectivity index (χ1) is 9.29. The van der Waals surface area contributed by atoms with Crippen LogP contribution in [0.15, 0.2) is 54.6 Å². The molecule has 0 fully saturated rings. The molecule has 98 valence electrons. The standard InChI is InChI=1S/C16H18N2O/c17-12-16(19)18-11-10-13-6-8-15(9-7-13)14-4-2-1-3-5-14/h1-9H,10-12,17H2,(H,18,19). The van der Waals surface area contributed by atoms with Crippen LogP contribution in [-0.2, 0) is 11.2 Å². The zero-order valence-corrected chi connectivity index (χ0v) is 10.8. The van der Waals surface area contributed by atoms with Crippen LogP contribution in [0.2, 0.25) is 0 Å². The van der Waals surface area contributed by atoms with Crippen LogP contribution in [0.4, 0.5) is 0 Å². The summed E-state index contributed by atoms with van der Waals surface area (Å²) < 4.78 is 0. The average Bonchev–Trinajstić information content (AvgIpc) is 2.48. The third-order valence-corrected chi connectivity index (χ3v) is 2.98. The van der Waals surface area contributed by atoms with Crippen LogP contribution in [0.5, 0.6) is 0 Å². The zero-order valence-electron chi connectivity index (χ0n) is 10.8. The minimum atomic E-state index is -0.110. The molecule has 1 amide bonds. The van der Waals surface area contributed by atoms with E-state index in [1.54, 1.807) is 0 Å². The quantitative estimate of drug-likeness (QED) is 0.857. The summed E-state index contributed by atoms with van der Waals surface area (Å²) in [6.45, 7) is 0.674. The van der Waals surface area contributed by atoms with Crippen molar-refractivity contribution in [2.45, 2.75) is 6.42 Å². The highest BCUT2D eigenvalue weighted by Gasteiger charge is 1.99. The number of benzene rings is 2. The summed E-state index contributed by atoms with van der Waals surface area (Å²) >= 11 is 0. The lowest BCUT2D eigenvalue weighted by Crippen LogP contribution is -2.31. The van der Waals surface area contributed by atoms with E-state index in [4.69, 9.17) is 5.73 Å². The van der Waals surface area contributed by atoms with Gasteiger partial charge in [0.25, 0.3) is 0 Å². The Morgan fingerprint density at radius 3 is 2.21 bits per heavy atom. The molecular formula is C16H18N2O. The molecule has 0 atom stereocenters. The van der Waals surface area contributed by atoms with E-state index >= 15 is 0 Å².